The Bertz CT molecular complexity index is 990. The van der Waals surface area contributed by atoms with Crippen molar-refractivity contribution in [3.8, 4) is 5.75 Å². The third-order valence-corrected chi connectivity index (χ3v) is 5.89. The maximum absolute atomic E-state index is 12.7. The molecule has 1 aliphatic carbocycles. The first-order valence-corrected chi connectivity index (χ1v) is 10.7. The van der Waals surface area contributed by atoms with E-state index in [-0.39, 0.29) is 22.9 Å². The van der Waals surface area contributed by atoms with E-state index in [1.165, 1.54) is 24.9 Å². The minimum Gasteiger partial charge on any atom is -0.493 e. The molecule has 1 saturated heterocycles. The number of benzene rings is 1. The number of ether oxygens (including phenoxy) is 3. The third-order valence-electron chi connectivity index (χ3n) is 5.15. The Kier molecular flexibility index (Phi) is 5.90. The molecule has 0 spiro atoms. The van der Waals surface area contributed by atoms with Crippen molar-refractivity contribution in [2.75, 3.05) is 39.7 Å². The zero-order valence-electron chi connectivity index (χ0n) is 16.7. The normalized spacial score (nSPS) is 22.3. The number of allylic oxidation sites excluding steroid dienone is 5. The molecule has 0 aromatic heterocycles. The van der Waals surface area contributed by atoms with Crippen molar-refractivity contribution in [1.82, 2.24) is 4.90 Å². The summed E-state index contributed by atoms with van der Waals surface area (Å²) in [6.45, 7) is 3.77. The molecule has 0 saturated carbocycles. The first-order valence-electron chi connectivity index (χ1n) is 9.52. The van der Waals surface area contributed by atoms with Crippen LogP contribution in [0.1, 0.15) is 15.9 Å². The smallest absolute Gasteiger partial charge is 0.269 e. The van der Waals surface area contributed by atoms with Crippen molar-refractivity contribution < 1.29 is 28.6 Å². The molecule has 0 N–H and O–H groups in total. The number of fused-ring (bicyclic) bond motifs is 1. The first-order chi connectivity index (χ1) is 14.5. The summed E-state index contributed by atoms with van der Waals surface area (Å²) in [7, 11) is 1.39. The Hall–Kier alpha value is -2.68. The average molecular weight is 427 g/mol. The molecule has 0 radical (unpaired) electrons. The second-order valence-electron chi connectivity index (χ2n) is 7.02. The second kappa shape index (κ2) is 8.59. The van der Waals surface area contributed by atoms with E-state index in [1.54, 1.807) is 24.5 Å². The van der Waals surface area contributed by atoms with Gasteiger partial charge in [0.05, 0.1) is 30.8 Å². The zero-order chi connectivity index (χ0) is 21.3. The van der Waals surface area contributed by atoms with E-state index in [9.17, 15) is 14.4 Å². The van der Waals surface area contributed by atoms with Gasteiger partial charge in [-0.2, -0.15) is 0 Å². The van der Waals surface area contributed by atoms with Gasteiger partial charge in [-0.15, -0.1) is 11.8 Å². The van der Waals surface area contributed by atoms with Crippen LogP contribution in [0.15, 0.2) is 52.3 Å². The number of rotatable bonds is 4. The Morgan fingerprint density at radius 3 is 2.53 bits per heavy atom. The molecule has 4 rings (SSSR count). The fourth-order valence-electron chi connectivity index (χ4n) is 3.54. The highest BCUT2D eigenvalue weighted by Crippen LogP contribution is 2.34. The highest BCUT2D eigenvalue weighted by Gasteiger charge is 2.35. The third kappa shape index (κ3) is 3.86. The molecule has 2 aliphatic heterocycles. The van der Waals surface area contributed by atoms with E-state index in [4.69, 9.17) is 14.2 Å². The van der Waals surface area contributed by atoms with Crippen molar-refractivity contribution in [3.05, 3.63) is 63.5 Å². The lowest BCUT2D eigenvalue weighted by Gasteiger charge is -2.27. The van der Waals surface area contributed by atoms with E-state index in [1.807, 2.05) is 6.07 Å². The van der Waals surface area contributed by atoms with Crippen molar-refractivity contribution in [2.24, 2.45) is 0 Å². The van der Waals surface area contributed by atoms with Gasteiger partial charge >= 0.3 is 0 Å². The number of thioether (sulfide) groups is 1. The molecule has 30 heavy (non-hydrogen) atoms. The van der Waals surface area contributed by atoms with Gasteiger partial charge in [-0.3, -0.25) is 19.3 Å². The molecular weight excluding hydrogens is 406 g/mol. The van der Waals surface area contributed by atoms with Crippen molar-refractivity contribution in [2.45, 2.75) is 6.54 Å². The van der Waals surface area contributed by atoms with E-state index < -0.39 is 11.6 Å². The number of methoxy groups -OCH3 is 1. The van der Waals surface area contributed by atoms with Crippen molar-refractivity contribution in [3.63, 3.8) is 0 Å². The Morgan fingerprint density at radius 2 is 1.83 bits per heavy atom. The maximum atomic E-state index is 12.7. The van der Waals surface area contributed by atoms with Crippen LogP contribution in [-0.4, -0.2) is 61.9 Å². The van der Waals surface area contributed by atoms with Crippen LogP contribution in [0.5, 0.6) is 5.75 Å². The van der Waals surface area contributed by atoms with Gasteiger partial charge < -0.3 is 14.2 Å². The minimum atomic E-state index is -0.740. The number of hydrogen-bond acceptors (Lipinski definition) is 8. The standard InChI is InChI=1S/C22H21NO6S/c1-27-17-10-14(11-18(30-2)20(17)25)22-21(26)19(24)15-4-3-13(9-16(15)29-22)12-23-5-7-28-8-6-23/h3-4,9-11H,5-8,12H2,1-2H3/b22-14-. The largest absolute Gasteiger partial charge is 0.493 e. The molecule has 1 aromatic rings. The monoisotopic (exact) mass is 427 g/mol. The molecule has 0 bridgehead atoms. The van der Waals surface area contributed by atoms with E-state index in [2.05, 4.69) is 4.90 Å². The molecule has 2 heterocycles. The van der Waals surface area contributed by atoms with Crippen LogP contribution in [0.25, 0.3) is 0 Å². The molecule has 1 aromatic carbocycles. The van der Waals surface area contributed by atoms with Crippen LogP contribution >= 0.6 is 11.8 Å². The number of carbonyl (C=O) groups is 3. The quantitative estimate of drug-likeness (QED) is 0.535. The molecule has 3 aliphatic rings. The number of morpholine rings is 1. The molecule has 156 valence electrons. The Morgan fingerprint density at radius 1 is 1.07 bits per heavy atom. The molecular formula is C22H21NO6S. The number of hydrogen-bond donors (Lipinski definition) is 0. The van der Waals surface area contributed by atoms with Crippen LogP contribution in [0.3, 0.4) is 0 Å². The lowest BCUT2D eigenvalue weighted by molar-refractivity contribution is -0.115. The molecule has 0 atom stereocenters. The molecule has 8 heteroatoms. The SMILES string of the molecule is COC1=C/C(=C2/Oc3cc(CN4CCOCC4)ccc3C(=O)C2=O)C=C(SC)C1=O. The van der Waals surface area contributed by atoms with Crippen LogP contribution < -0.4 is 4.74 Å². The Labute approximate surface area is 178 Å². The number of nitrogens with zero attached hydrogens (tertiary/aromatic N) is 1. The van der Waals surface area contributed by atoms with Gasteiger partial charge in [0.1, 0.15) is 5.75 Å². The summed E-state index contributed by atoms with van der Waals surface area (Å²) >= 11 is 1.24. The van der Waals surface area contributed by atoms with Gasteiger partial charge in [0.2, 0.25) is 11.6 Å². The van der Waals surface area contributed by atoms with E-state index in [0.29, 0.717) is 36.0 Å². The van der Waals surface area contributed by atoms with Crippen LogP contribution in [0, 0.1) is 0 Å². The molecule has 0 amide bonds. The summed E-state index contributed by atoms with van der Waals surface area (Å²) in [5, 5.41) is 0. The van der Waals surface area contributed by atoms with Crippen LogP contribution in [0.2, 0.25) is 0 Å². The first kappa shape index (κ1) is 20.6. The van der Waals surface area contributed by atoms with E-state index in [0.717, 1.165) is 18.7 Å². The summed E-state index contributed by atoms with van der Waals surface area (Å²) in [6.07, 6.45) is 4.75. The fraction of sp³-hybridized carbons (Fsp3) is 0.318. The minimum absolute atomic E-state index is 0.0929. The second-order valence-corrected chi connectivity index (χ2v) is 7.87. The van der Waals surface area contributed by atoms with Crippen molar-refractivity contribution >= 4 is 29.1 Å². The number of carbonyl (C=O) groups excluding carboxylic acids is 3. The van der Waals surface area contributed by atoms with Crippen molar-refractivity contribution in [1.29, 1.82) is 0 Å². The average Bonchev–Trinajstić information content (AvgIpc) is 2.77. The summed E-state index contributed by atoms with van der Waals surface area (Å²) in [5.74, 6) is -1.28. The van der Waals surface area contributed by atoms with Gasteiger partial charge in [0, 0.05) is 25.2 Å². The molecule has 0 unspecified atom stereocenters. The zero-order valence-corrected chi connectivity index (χ0v) is 17.5. The predicted octanol–water partition coefficient (Wildman–Crippen LogP) is 2.28. The maximum Gasteiger partial charge on any atom is 0.269 e. The summed E-state index contributed by atoms with van der Waals surface area (Å²) in [6, 6.07) is 5.27. The summed E-state index contributed by atoms with van der Waals surface area (Å²) < 4.78 is 16.4. The highest BCUT2D eigenvalue weighted by molar-refractivity contribution is 8.03. The Balaban J connectivity index is 1.70. The van der Waals surface area contributed by atoms with Gasteiger partial charge in [-0.25, -0.2) is 0 Å². The fourth-order valence-corrected chi connectivity index (χ4v) is 4.07. The lowest BCUT2D eigenvalue weighted by Crippen LogP contribution is -2.35. The predicted molar refractivity (Wildman–Crippen MR) is 111 cm³/mol. The molecule has 7 nitrogen and oxygen atoms in total. The number of ketones is 3. The summed E-state index contributed by atoms with van der Waals surface area (Å²) in [4.78, 5) is 40.4. The van der Waals surface area contributed by atoms with Gasteiger partial charge in [-0.05, 0) is 36.1 Å². The van der Waals surface area contributed by atoms with Gasteiger partial charge in [0.15, 0.2) is 11.5 Å². The van der Waals surface area contributed by atoms with Crippen LogP contribution in [-0.2, 0) is 25.6 Å². The topological polar surface area (TPSA) is 82.1 Å². The lowest BCUT2D eigenvalue weighted by atomic mass is 9.96. The summed E-state index contributed by atoms with van der Waals surface area (Å²) in [5.41, 5.74) is 1.57. The number of Topliss-reactive ketones (excluding diaryl/α,β-unsaturated/α-hetero) is 3. The van der Waals surface area contributed by atoms with Gasteiger partial charge in [0.25, 0.3) is 5.78 Å². The molecule has 1 fully saturated rings. The highest BCUT2D eigenvalue weighted by atomic mass is 32.2. The van der Waals surface area contributed by atoms with Gasteiger partial charge in [-0.1, -0.05) is 6.07 Å². The van der Waals surface area contributed by atoms with Crippen LogP contribution in [0.4, 0.5) is 0 Å². The van der Waals surface area contributed by atoms with E-state index >= 15 is 0 Å².